The Morgan fingerprint density at radius 3 is 1.75 bits per heavy atom. The second-order valence-corrected chi connectivity index (χ2v) is 16.2. The van der Waals surface area contributed by atoms with Gasteiger partial charge in [0.15, 0.2) is 0 Å². The maximum atomic E-state index is 14.3. The number of benzene rings is 10. The SMILES string of the molecule is CC1(C)c2ccccc2-c2ccc(N(c3ccc(F)cc3)c3ccc4cc(/C=C/c5c6ccccc6c(-c6cccc7ccccc67)c6ccccc56)ccc4c3)cc21. The normalized spacial score (nSPS) is 13.1. The minimum absolute atomic E-state index is 0.138. The molecule has 0 unspecified atom stereocenters. The molecule has 2 heteroatoms. The van der Waals surface area contributed by atoms with E-state index in [-0.39, 0.29) is 11.2 Å². The first-order valence-corrected chi connectivity index (χ1v) is 20.4. The molecule has 1 aliphatic carbocycles. The highest BCUT2D eigenvalue weighted by Crippen LogP contribution is 2.51. The molecule has 0 saturated carbocycles. The van der Waals surface area contributed by atoms with Crippen LogP contribution in [0.25, 0.3) is 77.5 Å². The van der Waals surface area contributed by atoms with E-state index in [1.54, 1.807) is 12.1 Å². The van der Waals surface area contributed by atoms with E-state index < -0.39 is 0 Å². The van der Waals surface area contributed by atoms with Crippen LogP contribution in [0.5, 0.6) is 0 Å². The number of rotatable bonds is 6. The molecule has 1 nitrogen and oxygen atoms in total. The highest BCUT2D eigenvalue weighted by atomic mass is 19.1. The first kappa shape index (κ1) is 34.9. The number of hydrogen-bond donors (Lipinski definition) is 0. The molecule has 10 aromatic carbocycles. The lowest BCUT2D eigenvalue weighted by molar-refractivity contribution is 0.628. The molecule has 0 bridgehead atoms. The Kier molecular flexibility index (Phi) is 8.10. The number of hydrogen-bond acceptors (Lipinski definition) is 1. The molecule has 0 aliphatic heterocycles. The van der Waals surface area contributed by atoms with Crippen molar-refractivity contribution in [1.29, 1.82) is 0 Å². The van der Waals surface area contributed by atoms with Crippen LogP contribution in [0.15, 0.2) is 194 Å². The summed E-state index contributed by atoms with van der Waals surface area (Å²) in [5.41, 5.74) is 12.9. The molecule has 11 rings (SSSR count). The summed E-state index contributed by atoms with van der Waals surface area (Å²) in [4.78, 5) is 2.24. The first-order valence-electron chi connectivity index (χ1n) is 20.4. The van der Waals surface area contributed by atoms with E-state index in [2.05, 4.69) is 201 Å². The summed E-state index contributed by atoms with van der Waals surface area (Å²) in [6.45, 7) is 4.61. The lowest BCUT2D eigenvalue weighted by Gasteiger charge is -2.28. The summed E-state index contributed by atoms with van der Waals surface area (Å²) in [6, 6.07) is 68.5. The van der Waals surface area contributed by atoms with E-state index in [0.29, 0.717) is 0 Å². The van der Waals surface area contributed by atoms with Gasteiger partial charge >= 0.3 is 0 Å². The molecule has 0 heterocycles. The molecule has 10 aromatic rings. The summed E-state index contributed by atoms with van der Waals surface area (Å²) in [7, 11) is 0. The van der Waals surface area contributed by atoms with Gasteiger partial charge in [-0.1, -0.05) is 166 Å². The summed E-state index contributed by atoms with van der Waals surface area (Å²) in [6.07, 6.45) is 4.53. The molecule has 0 radical (unpaired) electrons. The summed E-state index contributed by atoms with van der Waals surface area (Å²) in [5.74, 6) is -0.250. The Bertz CT molecular complexity index is 3250. The molecule has 0 spiro atoms. The number of halogens is 1. The van der Waals surface area contributed by atoms with Crippen molar-refractivity contribution in [2.24, 2.45) is 0 Å². The van der Waals surface area contributed by atoms with Gasteiger partial charge in [0, 0.05) is 22.5 Å². The van der Waals surface area contributed by atoms with Gasteiger partial charge in [0.1, 0.15) is 5.82 Å². The van der Waals surface area contributed by atoms with Crippen molar-refractivity contribution >= 4 is 72.3 Å². The van der Waals surface area contributed by atoms with E-state index in [4.69, 9.17) is 0 Å². The lowest BCUT2D eigenvalue weighted by atomic mass is 9.82. The van der Waals surface area contributed by atoms with Gasteiger partial charge in [-0.15, -0.1) is 0 Å². The van der Waals surface area contributed by atoms with Crippen LogP contribution < -0.4 is 4.90 Å². The third-order valence-corrected chi connectivity index (χ3v) is 12.5. The number of nitrogens with zero attached hydrogens (tertiary/aromatic N) is 1. The maximum Gasteiger partial charge on any atom is 0.123 e. The zero-order chi connectivity index (χ0) is 39.7. The van der Waals surface area contributed by atoms with Crippen LogP contribution in [0, 0.1) is 5.82 Å². The van der Waals surface area contributed by atoms with Gasteiger partial charge in [0.2, 0.25) is 0 Å². The van der Waals surface area contributed by atoms with Crippen molar-refractivity contribution in [2.45, 2.75) is 19.3 Å². The van der Waals surface area contributed by atoms with Crippen LogP contribution >= 0.6 is 0 Å². The third-order valence-electron chi connectivity index (χ3n) is 12.5. The van der Waals surface area contributed by atoms with E-state index >= 15 is 0 Å². The largest absolute Gasteiger partial charge is 0.310 e. The van der Waals surface area contributed by atoms with Gasteiger partial charge in [-0.2, -0.15) is 0 Å². The van der Waals surface area contributed by atoms with E-state index in [9.17, 15) is 4.39 Å². The molecule has 1 aliphatic rings. The monoisotopic (exact) mass is 757 g/mol. The average Bonchev–Trinajstić information content (AvgIpc) is 3.51. The highest BCUT2D eigenvalue weighted by Gasteiger charge is 2.35. The van der Waals surface area contributed by atoms with Crippen molar-refractivity contribution < 1.29 is 4.39 Å². The van der Waals surface area contributed by atoms with Crippen LogP contribution in [-0.4, -0.2) is 0 Å². The summed E-state index contributed by atoms with van der Waals surface area (Å²) >= 11 is 0. The van der Waals surface area contributed by atoms with E-state index in [1.165, 1.54) is 71.3 Å². The zero-order valence-corrected chi connectivity index (χ0v) is 33.0. The van der Waals surface area contributed by atoms with Crippen LogP contribution in [0.2, 0.25) is 0 Å². The Morgan fingerprint density at radius 1 is 0.407 bits per heavy atom. The molecule has 280 valence electrons. The molecule has 59 heavy (non-hydrogen) atoms. The third kappa shape index (κ3) is 5.75. The van der Waals surface area contributed by atoms with Crippen LogP contribution in [0.4, 0.5) is 21.5 Å². The van der Waals surface area contributed by atoms with Gasteiger partial charge in [-0.05, 0) is 142 Å². The molecule has 0 aromatic heterocycles. The molecule has 0 saturated heterocycles. The molecule has 0 amide bonds. The van der Waals surface area contributed by atoms with Crippen molar-refractivity contribution in [3.63, 3.8) is 0 Å². The minimum Gasteiger partial charge on any atom is -0.310 e. The zero-order valence-electron chi connectivity index (χ0n) is 33.0. The number of fused-ring (bicyclic) bond motifs is 7. The maximum absolute atomic E-state index is 14.3. The van der Waals surface area contributed by atoms with Gasteiger partial charge in [0.05, 0.1) is 0 Å². The average molecular weight is 758 g/mol. The number of anilines is 3. The Hall–Kier alpha value is -7.29. The predicted octanol–water partition coefficient (Wildman–Crippen LogP) is 16.1. The second kappa shape index (κ2) is 13.7. The Labute approximate surface area is 343 Å². The first-order chi connectivity index (χ1) is 28.9. The molecular weight excluding hydrogens is 718 g/mol. The topological polar surface area (TPSA) is 3.24 Å². The second-order valence-electron chi connectivity index (χ2n) is 16.2. The van der Waals surface area contributed by atoms with Crippen molar-refractivity contribution in [3.8, 4) is 22.3 Å². The van der Waals surface area contributed by atoms with Crippen molar-refractivity contribution in [1.82, 2.24) is 0 Å². The van der Waals surface area contributed by atoms with Gasteiger partial charge in [0.25, 0.3) is 0 Å². The van der Waals surface area contributed by atoms with Crippen LogP contribution in [-0.2, 0) is 5.41 Å². The van der Waals surface area contributed by atoms with Crippen LogP contribution in [0.3, 0.4) is 0 Å². The van der Waals surface area contributed by atoms with Gasteiger partial charge in [-0.3, -0.25) is 0 Å². The van der Waals surface area contributed by atoms with Crippen LogP contribution in [0.1, 0.15) is 36.1 Å². The fourth-order valence-electron chi connectivity index (χ4n) is 9.62. The quantitative estimate of drug-likeness (QED) is 0.121. The Morgan fingerprint density at radius 2 is 0.966 bits per heavy atom. The van der Waals surface area contributed by atoms with Gasteiger partial charge in [-0.25, -0.2) is 4.39 Å². The van der Waals surface area contributed by atoms with Gasteiger partial charge < -0.3 is 4.90 Å². The van der Waals surface area contributed by atoms with Crippen molar-refractivity contribution in [3.05, 3.63) is 222 Å². The standard InChI is InChI=1S/C57H40FN/c1-57(2)54-21-10-9-17-49(54)50-33-31-44(36-55(50)57)59(42-29-26-41(58)27-30-42)43-28-25-39-34-37(22-24-40(39)35-43)23-32-48-46-15-5-7-18-52(46)56(53-19-8-6-16-47(48)53)51-20-11-13-38-12-3-4-14-45(38)51/h3-36H,1-2H3/b32-23+. The molecular formula is C57H40FN. The fraction of sp³-hybridized carbons (Fsp3) is 0.0526. The minimum atomic E-state index is -0.250. The molecule has 0 N–H and O–H groups in total. The lowest BCUT2D eigenvalue weighted by Crippen LogP contribution is -2.16. The fourth-order valence-corrected chi connectivity index (χ4v) is 9.62. The van der Waals surface area contributed by atoms with E-state index in [1.807, 2.05) is 12.1 Å². The predicted molar refractivity (Wildman–Crippen MR) is 249 cm³/mol. The summed E-state index contributed by atoms with van der Waals surface area (Å²) in [5, 5.41) is 9.75. The Balaban J connectivity index is 0.989. The van der Waals surface area contributed by atoms with Crippen molar-refractivity contribution in [2.75, 3.05) is 4.90 Å². The smallest absolute Gasteiger partial charge is 0.123 e. The van der Waals surface area contributed by atoms with E-state index in [0.717, 1.165) is 33.4 Å². The molecule has 0 fully saturated rings. The summed E-state index contributed by atoms with van der Waals surface area (Å²) < 4.78 is 14.3. The highest BCUT2D eigenvalue weighted by molar-refractivity contribution is 6.20. The molecule has 0 atom stereocenters.